The molecule has 11 nitrogen and oxygen atoms in total. The third-order valence-corrected chi connectivity index (χ3v) is 10.3. The molecule has 2 fully saturated rings. The molecule has 6 rings (SSSR count). The Balaban J connectivity index is 1.07. The standard InChI is InChI=1S/C39H51ClN8O3/c1-4-35-32(38(44-30-12-18-51-19-13-30)33-25-43-48(5-2)39(33)45-35)24-42-37(50)22-36(49)41-23-27-10-11-34(40)31(21-27)29-9-6-8-28(20-29)26-47-15-7-14-46(3)16-17-47/h6,8-11,20-21,25,30H,4-5,7,12-19,22-24,26H2,1-3H3,(H,41,49)(H,42,50)(H,44,45). The molecule has 2 aromatic heterocycles. The number of anilines is 1. The molecule has 4 heterocycles. The number of rotatable bonds is 13. The van der Waals surface area contributed by atoms with E-state index in [1.165, 1.54) is 12.0 Å². The Labute approximate surface area is 306 Å². The summed E-state index contributed by atoms with van der Waals surface area (Å²) >= 11 is 6.68. The number of amides is 2. The van der Waals surface area contributed by atoms with Gasteiger partial charge in [-0.25, -0.2) is 9.67 Å². The Morgan fingerprint density at radius 2 is 1.76 bits per heavy atom. The molecule has 12 heteroatoms. The third-order valence-electron chi connectivity index (χ3n) is 9.94. The number of likely N-dealkylation sites (N-methyl/N-ethyl adjacent to an activating group) is 1. The van der Waals surface area contributed by atoms with Gasteiger partial charge in [0.1, 0.15) is 6.42 Å². The van der Waals surface area contributed by atoms with Crippen LogP contribution in [0.15, 0.2) is 48.7 Å². The minimum absolute atomic E-state index is 0.253. The minimum atomic E-state index is -0.347. The fourth-order valence-corrected chi connectivity index (χ4v) is 7.24. The van der Waals surface area contributed by atoms with Gasteiger partial charge in [0.2, 0.25) is 11.8 Å². The lowest BCUT2D eigenvalue weighted by Gasteiger charge is -2.26. The molecule has 2 aromatic carbocycles. The number of nitrogens with one attached hydrogen (secondary N) is 3. The molecular weight excluding hydrogens is 664 g/mol. The van der Waals surface area contributed by atoms with Gasteiger partial charge in [0.25, 0.3) is 0 Å². The Hall–Kier alpha value is -4.03. The van der Waals surface area contributed by atoms with E-state index in [-0.39, 0.29) is 30.8 Å². The van der Waals surface area contributed by atoms with Crippen LogP contribution in [-0.2, 0) is 46.9 Å². The molecule has 3 N–H and O–H groups in total. The van der Waals surface area contributed by atoms with Crippen LogP contribution in [0.25, 0.3) is 22.2 Å². The SMILES string of the molecule is CCc1nc2c(cnn2CC)c(NC2CCOCC2)c1CNC(=O)CC(=O)NCc1ccc(Cl)c(-c2cccc(CN3CCCN(C)CC3)c2)c1. The normalized spacial score (nSPS) is 16.2. The van der Waals surface area contributed by atoms with Crippen molar-refractivity contribution in [1.82, 2.24) is 35.2 Å². The lowest BCUT2D eigenvalue weighted by Crippen LogP contribution is -2.32. The van der Waals surface area contributed by atoms with Crippen LogP contribution in [0.2, 0.25) is 5.02 Å². The van der Waals surface area contributed by atoms with Gasteiger partial charge in [-0.15, -0.1) is 0 Å². The van der Waals surface area contributed by atoms with E-state index in [1.807, 2.05) is 36.0 Å². The van der Waals surface area contributed by atoms with E-state index in [0.29, 0.717) is 37.7 Å². The number of carbonyl (C=O) groups is 2. The van der Waals surface area contributed by atoms with Crippen molar-refractivity contribution in [3.05, 3.63) is 76.1 Å². The number of fused-ring (bicyclic) bond motifs is 1. The van der Waals surface area contributed by atoms with Crippen molar-refractivity contribution in [2.45, 2.75) is 78.2 Å². The van der Waals surface area contributed by atoms with E-state index in [2.05, 4.69) is 69.1 Å². The first-order chi connectivity index (χ1) is 24.8. The van der Waals surface area contributed by atoms with Crippen molar-refractivity contribution < 1.29 is 14.3 Å². The van der Waals surface area contributed by atoms with Crippen molar-refractivity contribution in [3.8, 4) is 11.1 Å². The highest BCUT2D eigenvalue weighted by atomic mass is 35.5. The summed E-state index contributed by atoms with van der Waals surface area (Å²) in [5.74, 6) is -0.691. The molecule has 0 atom stereocenters. The maximum Gasteiger partial charge on any atom is 0.229 e. The van der Waals surface area contributed by atoms with Gasteiger partial charge in [-0.1, -0.05) is 42.8 Å². The van der Waals surface area contributed by atoms with Crippen LogP contribution in [0, 0.1) is 0 Å². The van der Waals surface area contributed by atoms with Gasteiger partial charge in [0.05, 0.1) is 17.3 Å². The highest BCUT2D eigenvalue weighted by Gasteiger charge is 2.22. The Kier molecular flexibility index (Phi) is 12.6. The number of benzene rings is 2. The molecule has 2 amide bonds. The summed E-state index contributed by atoms with van der Waals surface area (Å²) < 4.78 is 7.47. The van der Waals surface area contributed by atoms with Crippen molar-refractivity contribution >= 4 is 40.1 Å². The Morgan fingerprint density at radius 3 is 2.55 bits per heavy atom. The van der Waals surface area contributed by atoms with Crippen molar-refractivity contribution in [2.75, 3.05) is 51.8 Å². The van der Waals surface area contributed by atoms with Crippen molar-refractivity contribution in [3.63, 3.8) is 0 Å². The smallest absolute Gasteiger partial charge is 0.229 e. The lowest BCUT2D eigenvalue weighted by atomic mass is 10.0. The van der Waals surface area contributed by atoms with Gasteiger partial charge in [0.15, 0.2) is 5.65 Å². The van der Waals surface area contributed by atoms with Gasteiger partial charge >= 0.3 is 0 Å². The summed E-state index contributed by atoms with van der Waals surface area (Å²) in [7, 11) is 2.19. The van der Waals surface area contributed by atoms with Crippen LogP contribution in [0.3, 0.4) is 0 Å². The van der Waals surface area contributed by atoms with Crippen LogP contribution in [0.4, 0.5) is 5.69 Å². The second-order valence-electron chi connectivity index (χ2n) is 13.7. The van der Waals surface area contributed by atoms with Gasteiger partial charge in [-0.3, -0.25) is 14.5 Å². The zero-order valence-corrected chi connectivity index (χ0v) is 30.9. The highest BCUT2D eigenvalue weighted by Crippen LogP contribution is 2.32. The van der Waals surface area contributed by atoms with E-state index in [1.54, 1.807) is 0 Å². The second-order valence-corrected chi connectivity index (χ2v) is 14.1. The first-order valence-electron chi connectivity index (χ1n) is 18.3. The van der Waals surface area contributed by atoms with Crippen LogP contribution >= 0.6 is 11.6 Å². The molecule has 2 saturated heterocycles. The zero-order valence-electron chi connectivity index (χ0n) is 30.1. The van der Waals surface area contributed by atoms with Gasteiger partial charge < -0.3 is 25.6 Å². The van der Waals surface area contributed by atoms with Crippen LogP contribution in [0.1, 0.15) is 61.9 Å². The van der Waals surface area contributed by atoms with E-state index in [9.17, 15) is 9.59 Å². The quantitative estimate of drug-likeness (QED) is 0.158. The maximum absolute atomic E-state index is 13.1. The molecule has 272 valence electrons. The average Bonchev–Trinajstić information content (AvgIpc) is 3.45. The topological polar surface area (TPSA) is 117 Å². The number of pyridine rings is 1. The number of aryl methyl sites for hydroxylation is 2. The molecule has 0 bridgehead atoms. The Morgan fingerprint density at radius 1 is 0.961 bits per heavy atom. The first-order valence-corrected chi connectivity index (χ1v) is 18.7. The van der Waals surface area contributed by atoms with E-state index in [0.717, 1.165) is 90.2 Å². The molecule has 0 saturated carbocycles. The number of hydrogen-bond donors (Lipinski definition) is 3. The van der Waals surface area contributed by atoms with Crippen LogP contribution in [0.5, 0.6) is 0 Å². The molecule has 2 aliphatic heterocycles. The molecular formula is C39H51ClN8O3. The largest absolute Gasteiger partial charge is 0.381 e. The zero-order chi connectivity index (χ0) is 35.7. The number of aromatic nitrogens is 3. The number of nitrogens with zero attached hydrogens (tertiary/aromatic N) is 5. The van der Waals surface area contributed by atoms with Crippen molar-refractivity contribution in [1.29, 1.82) is 0 Å². The molecule has 0 aliphatic carbocycles. The summed E-state index contributed by atoms with van der Waals surface area (Å²) in [6.07, 6.45) is 5.24. The predicted octanol–water partition coefficient (Wildman–Crippen LogP) is 5.39. The maximum atomic E-state index is 13.1. The number of hydrogen-bond acceptors (Lipinski definition) is 8. The average molecular weight is 715 g/mol. The molecule has 2 aliphatic rings. The molecule has 4 aromatic rings. The second kappa shape index (κ2) is 17.5. The third kappa shape index (κ3) is 9.45. The summed E-state index contributed by atoms with van der Waals surface area (Å²) in [5.41, 5.74) is 7.74. The summed E-state index contributed by atoms with van der Waals surface area (Å²) in [5, 5.41) is 15.8. The lowest BCUT2D eigenvalue weighted by molar-refractivity contribution is -0.129. The molecule has 51 heavy (non-hydrogen) atoms. The van der Waals surface area contributed by atoms with Crippen molar-refractivity contribution in [2.24, 2.45) is 0 Å². The summed E-state index contributed by atoms with van der Waals surface area (Å²) in [4.78, 5) is 35.9. The molecule has 0 radical (unpaired) electrons. The molecule has 0 spiro atoms. The fraction of sp³-hybridized carbons (Fsp3) is 0.487. The Bertz CT molecular complexity index is 1820. The first kappa shape index (κ1) is 36.8. The molecule has 0 unspecified atom stereocenters. The summed E-state index contributed by atoms with van der Waals surface area (Å²) in [6.45, 7) is 12.1. The number of halogens is 1. The van der Waals surface area contributed by atoms with E-state index in [4.69, 9.17) is 21.3 Å². The summed E-state index contributed by atoms with van der Waals surface area (Å²) in [6, 6.07) is 14.6. The number of carbonyl (C=O) groups excluding carboxylic acids is 2. The van der Waals surface area contributed by atoms with Gasteiger partial charge in [0, 0.05) is 80.4 Å². The van der Waals surface area contributed by atoms with Crippen LogP contribution < -0.4 is 16.0 Å². The van der Waals surface area contributed by atoms with Gasteiger partial charge in [-0.05, 0) is 87.6 Å². The fourth-order valence-electron chi connectivity index (χ4n) is 7.02. The number of ether oxygens (including phenoxy) is 1. The highest BCUT2D eigenvalue weighted by molar-refractivity contribution is 6.33. The minimum Gasteiger partial charge on any atom is -0.381 e. The van der Waals surface area contributed by atoms with Crippen LogP contribution in [-0.4, -0.2) is 88.9 Å². The van der Waals surface area contributed by atoms with E-state index < -0.39 is 0 Å². The van der Waals surface area contributed by atoms with E-state index >= 15 is 0 Å². The predicted molar refractivity (Wildman–Crippen MR) is 203 cm³/mol. The van der Waals surface area contributed by atoms with Gasteiger partial charge in [-0.2, -0.15) is 5.10 Å². The monoisotopic (exact) mass is 714 g/mol.